The van der Waals surface area contributed by atoms with Gasteiger partial charge in [-0.05, 0) is 31.9 Å². The van der Waals surface area contributed by atoms with Crippen molar-refractivity contribution in [3.63, 3.8) is 0 Å². The molecule has 21 heavy (non-hydrogen) atoms. The van der Waals surface area contributed by atoms with Gasteiger partial charge in [-0.25, -0.2) is 0 Å². The molecule has 4 N–H and O–H groups in total. The number of nitrogens with zero attached hydrogens (tertiary/aromatic N) is 1. The van der Waals surface area contributed by atoms with Crippen LogP contribution in [0.3, 0.4) is 0 Å². The van der Waals surface area contributed by atoms with Gasteiger partial charge >= 0.3 is 0 Å². The molecule has 1 aromatic heterocycles. The Morgan fingerprint density at radius 2 is 2.14 bits per heavy atom. The molecule has 1 fully saturated rings. The number of nitrogens with one attached hydrogen (secondary N) is 2. The van der Waals surface area contributed by atoms with E-state index >= 15 is 0 Å². The lowest BCUT2D eigenvalue weighted by atomic mass is 10.0. The monoisotopic (exact) mass is 295 g/mol. The second-order valence-electron chi connectivity index (χ2n) is 5.96. The molecular weight excluding hydrogens is 270 g/mol. The molecule has 1 aliphatic carbocycles. The first-order valence-corrected chi connectivity index (χ1v) is 7.38. The second-order valence-corrected chi connectivity index (χ2v) is 5.96. The molecule has 0 saturated heterocycles. The van der Waals surface area contributed by atoms with Crippen LogP contribution >= 0.6 is 0 Å². The predicted octanol–water partition coefficient (Wildman–Crippen LogP) is 0.957. The van der Waals surface area contributed by atoms with Gasteiger partial charge in [-0.3, -0.25) is 4.99 Å². The Morgan fingerprint density at radius 1 is 1.43 bits per heavy atom. The fraction of sp³-hybridized carbons (Fsp3) is 0.667. The number of hydrogen-bond acceptors (Lipinski definition) is 4. The van der Waals surface area contributed by atoms with Crippen molar-refractivity contribution in [3.05, 3.63) is 24.2 Å². The number of furan rings is 1. The van der Waals surface area contributed by atoms with Gasteiger partial charge in [0.25, 0.3) is 0 Å². The van der Waals surface area contributed by atoms with Crippen LogP contribution in [0.25, 0.3) is 0 Å². The molecule has 6 nitrogen and oxygen atoms in total. The van der Waals surface area contributed by atoms with Crippen LogP contribution in [0.15, 0.2) is 27.8 Å². The van der Waals surface area contributed by atoms with Crippen LogP contribution in [-0.4, -0.2) is 41.9 Å². The summed E-state index contributed by atoms with van der Waals surface area (Å²) in [6.45, 7) is 2.41. The molecule has 0 bridgehead atoms. The molecule has 1 aromatic rings. The molecule has 2 rings (SSSR count). The Bertz CT molecular complexity index is 463. The SMILES string of the molecule is CN=C(NCC1(O)CCCC1)NCC(C)(O)c1ccco1. The lowest BCUT2D eigenvalue weighted by Gasteiger charge is -2.26. The number of guanidine groups is 1. The van der Waals surface area contributed by atoms with Crippen molar-refractivity contribution < 1.29 is 14.6 Å². The third-order valence-corrected chi connectivity index (χ3v) is 3.99. The first-order chi connectivity index (χ1) is 9.95. The van der Waals surface area contributed by atoms with Crippen LogP contribution < -0.4 is 10.6 Å². The zero-order valence-electron chi connectivity index (χ0n) is 12.7. The summed E-state index contributed by atoms with van der Waals surface area (Å²) in [7, 11) is 1.66. The van der Waals surface area contributed by atoms with Gasteiger partial charge in [0.05, 0.1) is 18.4 Å². The van der Waals surface area contributed by atoms with Crippen molar-refractivity contribution in [1.29, 1.82) is 0 Å². The zero-order chi connectivity index (χ0) is 15.3. The lowest BCUT2D eigenvalue weighted by molar-refractivity contribution is 0.0379. The first-order valence-electron chi connectivity index (χ1n) is 7.38. The van der Waals surface area contributed by atoms with Crippen molar-refractivity contribution in [2.75, 3.05) is 20.1 Å². The Labute approximate surface area is 125 Å². The standard InChI is InChI=1S/C15H25N3O3/c1-14(19,12-6-5-9-21-12)10-17-13(16-2)18-11-15(20)7-3-4-8-15/h5-6,9,19-20H,3-4,7-8,10-11H2,1-2H3,(H2,16,17,18). The van der Waals surface area contributed by atoms with E-state index in [4.69, 9.17) is 4.42 Å². The highest BCUT2D eigenvalue weighted by molar-refractivity contribution is 5.79. The number of rotatable bonds is 5. The van der Waals surface area contributed by atoms with E-state index in [2.05, 4.69) is 15.6 Å². The topological polar surface area (TPSA) is 90.0 Å². The van der Waals surface area contributed by atoms with Crippen LogP contribution in [0, 0.1) is 0 Å². The molecule has 1 aliphatic rings. The molecule has 0 amide bonds. The van der Waals surface area contributed by atoms with E-state index in [1.54, 1.807) is 26.1 Å². The molecule has 1 atom stereocenters. The summed E-state index contributed by atoms with van der Waals surface area (Å²) in [4.78, 5) is 4.11. The summed E-state index contributed by atoms with van der Waals surface area (Å²) < 4.78 is 5.23. The van der Waals surface area contributed by atoms with Crippen LogP contribution in [-0.2, 0) is 5.60 Å². The summed E-state index contributed by atoms with van der Waals surface area (Å²) in [6, 6.07) is 3.48. The molecule has 6 heteroatoms. The molecule has 1 unspecified atom stereocenters. The fourth-order valence-electron chi connectivity index (χ4n) is 2.61. The summed E-state index contributed by atoms with van der Waals surface area (Å²) in [6.07, 6.45) is 5.31. The van der Waals surface area contributed by atoms with Gasteiger partial charge in [-0.15, -0.1) is 0 Å². The molecule has 0 aromatic carbocycles. The highest BCUT2D eigenvalue weighted by Gasteiger charge is 2.31. The molecule has 0 radical (unpaired) electrons. The Balaban J connectivity index is 1.83. The third-order valence-electron chi connectivity index (χ3n) is 3.99. The summed E-state index contributed by atoms with van der Waals surface area (Å²) in [5.41, 5.74) is -1.76. The van der Waals surface area contributed by atoms with E-state index in [9.17, 15) is 10.2 Å². The van der Waals surface area contributed by atoms with Crippen molar-refractivity contribution in [2.24, 2.45) is 4.99 Å². The van der Waals surface area contributed by atoms with E-state index < -0.39 is 11.2 Å². The Morgan fingerprint density at radius 3 is 2.71 bits per heavy atom. The van der Waals surface area contributed by atoms with Gasteiger partial charge in [-0.1, -0.05) is 12.8 Å². The van der Waals surface area contributed by atoms with Crippen molar-refractivity contribution in [2.45, 2.75) is 43.8 Å². The average molecular weight is 295 g/mol. The zero-order valence-corrected chi connectivity index (χ0v) is 12.7. The highest BCUT2D eigenvalue weighted by atomic mass is 16.4. The first kappa shape index (κ1) is 15.9. The quantitative estimate of drug-likeness (QED) is 0.480. The molecule has 1 saturated carbocycles. The van der Waals surface area contributed by atoms with Gasteiger partial charge in [0.1, 0.15) is 11.4 Å². The molecule has 0 aliphatic heterocycles. The average Bonchev–Trinajstić information content (AvgIpc) is 3.11. The van der Waals surface area contributed by atoms with Gasteiger partial charge in [0.2, 0.25) is 0 Å². The van der Waals surface area contributed by atoms with Crippen LogP contribution in [0.4, 0.5) is 0 Å². The molecule has 118 valence electrons. The number of hydrogen-bond donors (Lipinski definition) is 4. The second kappa shape index (κ2) is 6.49. The summed E-state index contributed by atoms with van der Waals surface area (Å²) >= 11 is 0. The van der Waals surface area contributed by atoms with Crippen molar-refractivity contribution in [3.8, 4) is 0 Å². The molecule has 1 heterocycles. The van der Waals surface area contributed by atoms with Crippen LogP contribution in [0.1, 0.15) is 38.4 Å². The highest BCUT2D eigenvalue weighted by Crippen LogP contribution is 2.28. The van der Waals surface area contributed by atoms with E-state index in [1.807, 2.05) is 0 Å². The van der Waals surface area contributed by atoms with Crippen LogP contribution in [0.2, 0.25) is 0 Å². The maximum absolute atomic E-state index is 10.4. The minimum Gasteiger partial charge on any atom is -0.466 e. The lowest BCUT2D eigenvalue weighted by Crippen LogP contribution is -2.48. The maximum atomic E-state index is 10.4. The van der Waals surface area contributed by atoms with Gasteiger partial charge in [0, 0.05) is 13.6 Å². The van der Waals surface area contributed by atoms with Gasteiger partial charge in [0.15, 0.2) is 5.96 Å². The predicted molar refractivity (Wildman–Crippen MR) is 81.1 cm³/mol. The smallest absolute Gasteiger partial charge is 0.191 e. The van der Waals surface area contributed by atoms with E-state index in [-0.39, 0.29) is 6.54 Å². The van der Waals surface area contributed by atoms with Crippen molar-refractivity contribution in [1.82, 2.24) is 10.6 Å². The number of aliphatic hydroxyl groups is 2. The van der Waals surface area contributed by atoms with E-state index in [0.717, 1.165) is 25.7 Å². The number of aliphatic imine (C=N–C) groups is 1. The van der Waals surface area contributed by atoms with Gasteiger partial charge in [-0.2, -0.15) is 0 Å². The minimum absolute atomic E-state index is 0.263. The molecular formula is C15H25N3O3. The van der Waals surface area contributed by atoms with Gasteiger partial charge < -0.3 is 25.3 Å². The maximum Gasteiger partial charge on any atom is 0.191 e. The van der Waals surface area contributed by atoms with Crippen LogP contribution in [0.5, 0.6) is 0 Å². The normalized spacial score (nSPS) is 21.0. The third kappa shape index (κ3) is 4.22. The van der Waals surface area contributed by atoms with E-state index in [1.165, 1.54) is 6.26 Å². The van der Waals surface area contributed by atoms with Crippen molar-refractivity contribution >= 4 is 5.96 Å². The largest absolute Gasteiger partial charge is 0.466 e. The minimum atomic E-state index is -1.12. The molecule has 0 spiro atoms. The Kier molecular flexibility index (Phi) is 4.90. The van der Waals surface area contributed by atoms with E-state index in [0.29, 0.717) is 18.3 Å². The Hall–Kier alpha value is -1.53. The fourth-order valence-corrected chi connectivity index (χ4v) is 2.61. The summed E-state index contributed by atoms with van der Waals surface area (Å²) in [5, 5.41) is 26.8. The summed E-state index contributed by atoms with van der Waals surface area (Å²) in [5.74, 6) is 1.06.